The normalized spacial score (nSPS) is 13.8. The number of anilines is 1. The zero-order valence-electron chi connectivity index (χ0n) is 19.8. The minimum Gasteiger partial charge on any atom is -0.368 e. The van der Waals surface area contributed by atoms with Gasteiger partial charge < -0.3 is 9.80 Å². The lowest BCUT2D eigenvalue weighted by atomic mass is 10.0. The Morgan fingerprint density at radius 1 is 0.886 bits per heavy atom. The molecule has 0 unspecified atom stereocenters. The maximum atomic E-state index is 13.8. The fourth-order valence-electron chi connectivity index (χ4n) is 4.57. The Hall–Kier alpha value is -3.51. The molecule has 1 aliphatic rings. The molecule has 1 amide bonds. The van der Waals surface area contributed by atoms with E-state index in [1.807, 2.05) is 65.6 Å². The van der Waals surface area contributed by atoms with Crippen LogP contribution in [0.3, 0.4) is 0 Å². The van der Waals surface area contributed by atoms with E-state index >= 15 is 0 Å². The van der Waals surface area contributed by atoms with Crippen molar-refractivity contribution >= 4 is 44.2 Å². The molecular weight excluding hydrogens is 502 g/mol. The molecule has 35 heavy (non-hydrogen) atoms. The largest absolute Gasteiger partial charge is 0.368 e. The van der Waals surface area contributed by atoms with Gasteiger partial charge in [-0.3, -0.25) is 9.59 Å². The maximum Gasteiger partial charge on any atom is 0.254 e. The number of carbonyl (C=O) groups is 2. The summed E-state index contributed by atoms with van der Waals surface area (Å²) in [6.07, 6.45) is 0. The van der Waals surface area contributed by atoms with E-state index in [2.05, 4.69) is 39.9 Å². The van der Waals surface area contributed by atoms with Crippen molar-refractivity contribution in [3.8, 4) is 11.3 Å². The van der Waals surface area contributed by atoms with Crippen molar-refractivity contribution < 1.29 is 9.59 Å². The predicted octanol–water partition coefficient (Wildman–Crippen LogP) is 6.14. The van der Waals surface area contributed by atoms with Crippen molar-refractivity contribution in [2.45, 2.75) is 13.8 Å². The summed E-state index contributed by atoms with van der Waals surface area (Å²) in [5.41, 5.74) is 6.22. The molecule has 1 aromatic heterocycles. The van der Waals surface area contributed by atoms with Gasteiger partial charge in [-0.15, -0.1) is 0 Å². The monoisotopic (exact) mass is 527 g/mol. The summed E-state index contributed by atoms with van der Waals surface area (Å²) in [7, 11) is 0. The first-order chi connectivity index (χ1) is 16.9. The number of fused-ring (bicyclic) bond motifs is 1. The molecule has 0 bridgehead atoms. The molecule has 5 rings (SSSR count). The van der Waals surface area contributed by atoms with Gasteiger partial charge in [0.15, 0.2) is 5.78 Å². The number of aryl methyl sites for hydroxylation is 1. The number of ketones is 1. The van der Waals surface area contributed by atoms with Gasteiger partial charge in [0.05, 0.1) is 16.8 Å². The Labute approximate surface area is 213 Å². The van der Waals surface area contributed by atoms with E-state index < -0.39 is 0 Å². The summed E-state index contributed by atoms with van der Waals surface area (Å²) >= 11 is 3.55. The Morgan fingerprint density at radius 2 is 1.63 bits per heavy atom. The third-order valence-corrected chi connectivity index (χ3v) is 7.01. The molecule has 176 valence electrons. The van der Waals surface area contributed by atoms with E-state index in [0.717, 1.165) is 51.0 Å². The lowest BCUT2D eigenvalue weighted by Crippen LogP contribution is -2.48. The van der Waals surface area contributed by atoms with Crippen molar-refractivity contribution in [2.75, 3.05) is 31.1 Å². The first-order valence-electron chi connectivity index (χ1n) is 11.7. The molecular formula is C29H26BrN3O2. The first-order valence-corrected chi connectivity index (χ1v) is 12.5. The number of pyridine rings is 1. The van der Waals surface area contributed by atoms with E-state index in [4.69, 9.17) is 4.98 Å². The first kappa shape index (κ1) is 23.2. The van der Waals surface area contributed by atoms with Crippen molar-refractivity contribution in [1.29, 1.82) is 0 Å². The summed E-state index contributed by atoms with van der Waals surface area (Å²) < 4.78 is 0.919. The molecule has 6 heteroatoms. The van der Waals surface area contributed by atoms with Crippen LogP contribution in [0.2, 0.25) is 0 Å². The van der Waals surface area contributed by atoms with Crippen molar-refractivity contribution in [2.24, 2.45) is 0 Å². The van der Waals surface area contributed by atoms with Crippen LogP contribution in [0.5, 0.6) is 0 Å². The fraction of sp³-hybridized carbons (Fsp3) is 0.207. The Bertz CT molecular complexity index is 1420. The molecule has 0 atom stereocenters. The maximum absolute atomic E-state index is 13.8. The van der Waals surface area contributed by atoms with Crippen LogP contribution in [-0.2, 0) is 0 Å². The zero-order chi connectivity index (χ0) is 24.5. The lowest BCUT2D eigenvalue weighted by molar-refractivity contribution is 0.0748. The Balaban J connectivity index is 1.42. The number of amides is 1. The van der Waals surface area contributed by atoms with Gasteiger partial charge >= 0.3 is 0 Å². The third kappa shape index (κ3) is 4.84. The average molecular weight is 528 g/mol. The van der Waals surface area contributed by atoms with Crippen LogP contribution in [-0.4, -0.2) is 47.8 Å². The van der Waals surface area contributed by atoms with Crippen molar-refractivity contribution in [3.63, 3.8) is 0 Å². The van der Waals surface area contributed by atoms with Gasteiger partial charge in [0.1, 0.15) is 0 Å². The van der Waals surface area contributed by atoms with Crippen LogP contribution in [0.25, 0.3) is 22.2 Å². The number of Topliss-reactive ketones (excluding diaryl/α,β-unsaturated/α-hetero) is 1. The molecule has 1 aliphatic heterocycles. The smallest absolute Gasteiger partial charge is 0.254 e. The van der Waals surface area contributed by atoms with E-state index in [1.54, 1.807) is 6.92 Å². The number of nitrogens with zero attached hydrogens (tertiary/aromatic N) is 3. The third-order valence-electron chi connectivity index (χ3n) is 6.52. The topological polar surface area (TPSA) is 53.5 Å². The molecule has 0 spiro atoms. The summed E-state index contributed by atoms with van der Waals surface area (Å²) in [4.78, 5) is 34.4. The fourth-order valence-corrected chi connectivity index (χ4v) is 4.93. The number of carbonyl (C=O) groups excluding carboxylic acids is 2. The van der Waals surface area contributed by atoms with E-state index in [1.165, 1.54) is 0 Å². The molecule has 1 fully saturated rings. The SMILES string of the molecule is CC(=O)c1ccc(N2CCN(C(=O)c3cc(-c4cccc(C)c4)nc4ccc(Br)cc34)CC2)cc1. The quantitative estimate of drug-likeness (QED) is 0.299. The number of rotatable bonds is 4. The van der Waals surface area contributed by atoms with Crippen LogP contribution >= 0.6 is 15.9 Å². The molecule has 1 saturated heterocycles. The Kier molecular flexibility index (Phi) is 6.39. The number of hydrogen-bond donors (Lipinski definition) is 0. The number of aromatic nitrogens is 1. The van der Waals surface area contributed by atoms with Crippen LogP contribution in [0.4, 0.5) is 5.69 Å². The molecule has 2 heterocycles. The van der Waals surface area contributed by atoms with E-state index in [9.17, 15) is 9.59 Å². The number of hydrogen-bond acceptors (Lipinski definition) is 4. The number of piperazine rings is 1. The second kappa shape index (κ2) is 9.62. The van der Waals surface area contributed by atoms with E-state index in [0.29, 0.717) is 24.2 Å². The highest BCUT2D eigenvalue weighted by atomic mass is 79.9. The minimum absolute atomic E-state index is 0.0241. The highest BCUT2D eigenvalue weighted by Gasteiger charge is 2.25. The van der Waals surface area contributed by atoms with Gasteiger partial charge in [0.25, 0.3) is 5.91 Å². The molecule has 0 aliphatic carbocycles. The summed E-state index contributed by atoms with van der Waals surface area (Å²) in [6, 6.07) is 23.7. The van der Waals surface area contributed by atoms with Crippen LogP contribution < -0.4 is 4.90 Å². The van der Waals surface area contributed by atoms with Crippen molar-refractivity contribution in [3.05, 3.63) is 94.0 Å². The summed E-state index contributed by atoms with van der Waals surface area (Å²) in [6.45, 7) is 6.37. The summed E-state index contributed by atoms with van der Waals surface area (Å²) in [5, 5.41) is 0.850. The molecule has 0 saturated carbocycles. The van der Waals surface area contributed by atoms with Crippen molar-refractivity contribution in [1.82, 2.24) is 9.88 Å². The average Bonchev–Trinajstić information content (AvgIpc) is 2.88. The molecule has 0 N–H and O–H groups in total. The summed E-state index contributed by atoms with van der Waals surface area (Å²) in [5.74, 6) is 0.0872. The van der Waals surface area contributed by atoms with Gasteiger partial charge in [0, 0.05) is 52.9 Å². The van der Waals surface area contributed by atoms with Crippen LogP contribution in [0.15, 0.2) is 77.3 Å². The standard InChI is InChI=1S/C29H26BrN3O2/c1-19-4-3-5-22(16-19)28-18-26(25-17-23(30)8-11-27(25)31-28)29(35)33-14-12-32(13-15-33)24-9-6-21(7-10-24)20(2)34/h3-11,16-18H,12-15H2,1-2H3. The Morgan fingerprint density at radius 3 is 2.31 bits per heavy atom. The predicted molar refractivity (Wildman–Crippen MR) is 144 cm³/mol. The zero-order valence-corrected chi connectivity index (χ0v) is 21.4. The molecule has 4 aromatic rings. The highest BCUT2D eigenvalue weighted by molar-refractivity contribution is 9.10. The number of halogens is 1. The van der Waals surface area contributed by atoms with Gasteiger partial charge in [-0.25, -0.2) is 4.98 Å². The second-order valence-electron chi connectivity index (χ2n) is 8.97. The van der Waals surface area contributed by atoms with Gasteiger partial charge in [-0.05, 0) is 68.4 Å². The molecule has 0 radical (unpaired) electrons. The molecule has 5 nitrogen and oxygen atoms in total. The van der Waals surface area contributed by atoms with Gasteiger partial charge in [-0.1, -0.05) is 39.7 Å². The van der Waals surface area contributed by atoms with Crippen LogP contribution in [0.1, 0.15) is 33.2 Å². The lowest BCUT2D eigenvalue weighted by Gasteiger charge is -2.36. The van der Waals surface area contributed by atoms with Gasteiger partial charge in [-0.2, -0.15) is 0 Å². The van der Waals surface area contributed by atoms with E-state index in [-0.39, 0.29) is 11.7 Å². The molecule has 3 aromatic carbocycles. The number of benzene rings is 3. The van der Waals surface area contributed by atoms with Gasteiger partial charge in [0.2, 0.25) is 0 Å². The van der Waals surface area contributed by atoms with Crippen LogP contribution in [0, 0.1) is 6.92 Å². The minimum atomic E-state index is 0.0241. The second-order valence-corrected chi connectivity index (χ2v) is 9.88. The highest BCUT2D eigenvalue weighted by Crippen LogP contribution is 2.29.